The Kier molecular flexibility index (Phi) is 5.35. The molecule has 20 heavy (non-hydrogen) atoms. The van der Waals surface area contributed by atoms with Crippen molar-refractivity contribution < 1.29 is 4.39 Å². The average molecular weight is 401 g/mol. The van der Waals surface area contributed by atoms with Gasteiger partial charge in [-0.2, -0.15) is 0 Å². The van der Waals surface area contributed by atoms with Gasteiger partial charge in [-0.3, -0.25) is 0 Å². The summed E-state index contributed by atoms with van der Waals surface area (Å²) in [5.41, 5.74) is 2.28. The van der Waals surface area contributed by atoms with Crippen molar-refractivity contribution in [3.05, 3.63) is 68.4 Å². The van der Waals surface area contributed by atoms with Gasteiger partial charge in [0.2, 0.25) is 0 Å². The van der Waals surface area contributed by atoms with Crippen molar-refractivity contribution in [2.24, 2.45) is 0 Å². The van der Waals surface area contributed by atoms with Crippen LogP contribution in [0.3, 0.4) is 0 Å². The Balaban J connectivity index is 2.08. The molecule has 2 aromatic rings. The number of hydrogen-bond donors (Lipinski definition) is 1. The lowest BCUT2D eigenvalue weighted by atomic mass is 10.0. The maximum atomic E-state index is 13.3. The molecule has 0 spiro atoms. The monoisotopic (exact) mass is 399 g/mol. The van der Waals surface area contributed by atoms with Crippen molar-refractivity contribution in [3.8, 4) is 0 Å². The molecule has 0 fully saturated rings. The molecule has 0 radical (unpaired) electrons. The fraction of sp³-hybridized carbons (Fsp3) is 0.250. The lowest BCUT2D eigenvalue weighted by molar-refractivity contribution is 0.493. The van der Waals surface area contributed by atoms with Gasteiger partial charge >= 0.3 is 0 Å². The quantitative estimate of drug-likeness (QED) is 0.687. The number of hydrogen-bond acceptors (Lipinski definition) is 1. The molecule has 0 bridgehead atoms. The van der Waals surface area contributed by atoms with E-state index in [9.17, 15) is 4.39 Å². The third-order valence-electron chi connectivity index (χ3n) is 3.31. The molecule has 0 heterocycles. The minimum absolute atomic E-state index is 0.144. The molecule has 0 saturated heterocycles. The summed E-state index contributed by atoms with van der Waals surface area (Å²) >= 11 is 6.66. The zero-order chi connectivity index (χ0) is 14.7. The fourth-order valence-electron chi connectivity index (χ4n) is 2.10. The summed E-state index contributed by atoms with van der Waals surface area (Å²) in [7, 11) is 0. The first-order valence-electron chi connectivity index (χ1n) is 6.44. The molecule has 0 aliphatic rings. The highest BCUT2D eigenvalue weighted by Crippen LogP contribution is 2.24. The van der Waals surface area contributed by atoms with Gasteiger partial charge in [0.05, 0.1) is 4.47 Å². The zero-order valence-corrected chi connectivity index (χ0v) is 14.5. The van der Waals surface area contributed by atoms with E-state index in [1.807, 2.05) is 24.3 Å². The molecule has 2 aromatic carbocycles. The molecular formula is C16H16Br2FN. The lowest BCUT2D eigenvalue weighted by Crippen LogP contribution is -2.22. The normalized spacial score (nSPS) is 14.1. The van der Waals surface area contributed by atoms with Crippen LogP contribution in [0, 0.1) is 5.82 Å². The van der Waals surface area contributed by atoms with Crippen LogP contribution in [0.2, 0.25) is 0 Å². The van der Waals surface area contributed by atoms with Gasteiger partial charge in [-0.1, -0.05) is 34.1 Å². The van der Waals surface area contributed by atoms with Crippen LogP contribution in [0.4, 0.5) is 4.39 Å². The van der Waals surface area contributed by atoms with Crippen molar-refractivity contribution in [2.45, 2.75) is 25.9 Å². The predicted octanol–water partition coefficient (Wildman–Crippen LogP) is 5.76. The van der Waals surface area contributed by atoms with Gasteiger partial charge in [0, 0.05) is 16.6 Å². The van der Waals surface area contributed by atoms with Crippen LogP contribution in [-0.4, -0.2) is 0 Å². The minimum atomic E-state index is -0.234. The molecule has 0 aliphatic heterocycles. The Morgan fingerprint density at radius 3 is 2.05 bits per heavy atom. The van der Waals surface area contributed by atoms with Crippen LogP contribution in [-0.2, 0) is 0 Å². The summed E-state index contributed by atoms with van der Waals surface area (Å²) < 4.78 is 14.8. The standard InChI is InChI=1S/C16H16Br2FN/c1-10(12-3-6-14(17)7-4-12)20-11(2)13-5-8-16(19)15(18)9-13/h3-11,20H,1-2H3. The van der Waals surface area contributed by atoms with Crippen LogP contribution < -0.4 is 5.32 Å². The Labute approximate surface area is 135 Å². The van der Waals surface area contributed by atoms with Gasteiger partial charge in [0.1, 0.15) is 5.82 Å². The summed E-state index contributed by atoms with van der Waals surface area (Å²) in [5.74, 6) is -0.234. The SMILES string of the molecule is CC(NC(C)c1ccc(F)c(Br)c1)c1ccc(Br)cc1. The third kappa shape index (κ3) is 3.90. The van der Waals surface area contributed by atoms with Crippen molar-refractivity contribution in [3.63, 3.8) is 0 Å². The van der Waals surface area contributed by atoms with Gasteiger partial charge < -0.3 is 5.32 Å². The van der Waals surface area contributed by atoms with E-state index in [1.54, 1.807) is 0 Å². The van der Waals surface area contributed by atoms with Gasteiger partial charge in [-0.05, 0) is 65.2 Å². The highest BCUT2D eigenvalue weighted by molar-refractivity contribution is 9.10. The smallest absolute Gasteiger partial charge is 0.137 e. The summed E-state index contributed by atoms with van der Waals surface area (Å²) in [6.45, 7) is 4.20. The van der Waals surface area contributed by atoms with Crippen LogP contribution in [0.15, 0.2) is 51.4 Å². The second kappa shape index (κ2) is 6.83. The fourth-order valence-corrected chi connectivity index (χ4v) is 2.76. The number of benzene rings is 2. The van der Waals surface area contributed by atoms with E-state index in [2.05, 4.69) is 63.2 Å². The Hall–Kier alpha value is -0.710. The molecule has 1 nitrogen and oxygen atoms in total. The molecule has 106 valence electrons. The second-order valence-corrected chi connectivity index (χ2v) is 6.61. The first-order valence-corrected chi connectivity index (χ1v) is 8.02. The number of halogens is 3. The summed E-state index contributed by atoms with van der Waals surface area (Å²) in [5, 5.41) is 3.52. The van der Waals surface area contributed by atoms with Crippen LogP contribution in [0.25, 0.3) is 0 Å². The van der Waals surface area contributed by atoms with Gasteiger partial charge in [-0.15, -0.1) is 0 Å². The largest absolute Gasteiger partial charge is 0.304 e. The van der Waals surface area contributed by atoms with Crippen LogP contribution in [0.5, 0.6) is 0 Å². The van der Waals surface area contributed by atoms with E-state index in [4.69, 9.17) is 0 Å². The molecule has 2 atom stereocenters. The van der Waals surface area contributed by atoms with Crippen molar-refractivity contribution in [2.75, 3.05) is 0 Å². The maximum Gasteiger partial charge on any atom is 0.137 e. The molecule has 4 heteroatoms. The molecule has 0 amide bonds. The van der Waals surface area contributed by atoms with E-state index >= 15 is 0 Å². The van der Waals surface area contributed by atoms with E-state index < -0.39 is 0 Å². The lowest BCUT2D eigenvalue weighted by Gasteiger charge is -2.21. The third-order valence-corrected chi connectivity index (χ3v) is 4.45. The van der Waals surface area contributed by atoms with Gasteiger partial charge in [0.25, 0.3) is 0 Å². The Morgan fingerprint density at radius 2 is 1.45 bits per heavy atom. The van der Waals surface area contributed by atoms with Crippen molar-refractivity contribution in [1.82, 2.24) is 5.32 Å². The summed E-state index contributed by atoms with van der Waals surface area (Å²) in [6, 6.07) is 13.7. The van der Waals surface area contributed by atoms with Gasteiger partial charge in [-0.25, -0.2) is 4.39 Å². The zero-order valence-electron chi connectivity index (χ0n) is 11.3. The molecule has 2 rings (SSSR count). The van der Waals surface area contributed by atoms with Crippen LogP contribution in [0.1, 0.15) is 37.1 Å². The first kappa shape index (κ1) is 15.7. The Bertz CT molecular complexity index is 584. The van der Waals surface area contributed by atoms with E-state index in [1.165, 1.54) is 11.6 Å². The van der Waals surface area contributed by atoms with Crippen molar-refractivity contribution >= 4 is 31.9 Å². The average Bonchev–Trinajstić information content (AvgIpc) is 2.42. The summed E-state index contributed by atoms with van der Waals surface area (Å²) in [6.07, 6.45) is 0. The summed E-state index contributed by atoms with van der Waals surface area (Å²) in [4.78, 5) is 0. The molecular weight excluding hydrogens is 385 g/mol. The number of rotatable bonds is 4. The topological polar surface area (TPSA) is 12.0 Å². The highest BCUT2D eigenvalue weighted by Gasteiger charge is 2.12. The van der Waals surface area contributed by atoms with E-state index in [0.717, 1.165) is 10.0 Å². The predicted molar refractivity (Wildman–Crippen MR) is 88.2 cm³/mol. The van der Waals surface area contributed by atoms with Crippen LogP contribution >= 0.6 is 31.9 Å². The maximum absolute atomic E-state index is 13.3. The Morgan fingerprint density at radius 1 is 0.900 bits per heavy atom. The molecule has 1 N–H and O–H groups in total. The molecule has 0 aliphatic carbocycles. The minimum Gasteiger partial charge on any atom is -0.304 e. The van der Waals surface area contributed by atoms with E-state index in [0.29, 0.717) is 4.47 Å². The molecule has 0 saturated carbocycles. The number of nitrogens with one attached hydrogen (secondary N) is 1. The van der Waals surface area contributed by atoms with Crippen molar-refractivity contribution in [1.29, 1.82) is 0 Å². The second-order valence-electron chi connectivity index (χ2n) is 4.84. The molecule has 2 unspecified atom stereocenters. The first-order chi connectivity index (χ1) is 9.47. The molecule has 0 aromatic heterocycles. The van der Waals surface area contributed by atoms with Gasteiger partial charge in [0.15, 0.2) is 0 Å². The van der Waals surface area contributed by atoms with E-state index in [-0.39, 0.29) is 17.9 Å². The highest BCUT2D eigenvalue weighted by atomic mass is 79.9.